The van der Waals surface area contributed by atoms with Crippen molar-refractivity contribution < 1.29 is 0 Å². The summed E-state index contributed by atoms with van der Waals surface area (Å²) in [5.41, 5.74) is 13.9. The Morgan fingerprint density at radius 3 is 1.38 bits per heavy atom. The van der Waals surface area contributed by atoms with Gasteiger partial charge in [0.05, 0.1) is 22.1 Å². The van der Waals surface area contributed by atoms with Gasteiger partial charge in [-0.25, -0.2) is 15.0 Å². The molecule has 10 aromatic carbocycles. The van der Waals surface area contributed by atoms with E-state index in [-0.39, 0.29) is 0 Å². The lowest BCUT2D eigenvalue weighted by Crippen LogP contribution is -2.02. The molecule has 0 saturated heterocycles. The van der Waals surface area contributed by atoms with Crippen LogP contribution in [0, 0.1) is 0 Å². The van der Waals surface area contributed by atoms with Gasteiger partial charge in [0.1, 0.15) is 0 Å². The van der Waals surface area contributed by atoms with Gasteiger partial charge in [-0.3, -0.25) is 0 Å². The minimum Gasteiger partial charge on any atom is -0.309 e. The van der Waals surface area contributed by atoms with E-state index < -0.39 is 0 Å². The van der Waals surface area contributed by atoms with Crippen LogP contribution in [0.2, 0.25) is 0 Å². The Kier molecular flexibility index (Phi) is 9.00. The number of nitrogens with zero attached hydrogens (tertiary/aromatic N) is 5. The van der Waals surface area contributed by atoms with E-state index in [2.05, 4.69) is 209 Å². The zero-order chi connectivity index (χ0) is 45.4. The Morgan fingerprint density at radius 2 is 0.710 bits per heavy atom. The maximum atomic E-state index is 5.29. The fourth-order valence-corrected chi connectivity index (χ4v) is 11.4. The molecular weight excluding hydrogens is 859 g/mol. The Morgan fingerprint density at radius 1 is 0.246 bits per heavy atom. The van der Waals surface area contributed by atoms with E-state index >= 15 is 0 Å². The van der Waals surface area contributed by atoms with Crippen molar-refractivity contribution in [3.63, 3.8) is 0 Å². The summed E-state index contributed by atoms with van der Waals surface area (Å²) in [5, 5.41) is 7.33. The molecule has 69 heavy (non-hydrogen) atoms. The molecular formula is C63H39N5S. The zero-order valence-electron chi connectivity index (χ0n) is 37.2. The van der Waals surface area contributed by atoms with Gasteiger partial charge in [-0.15, -0.1) is 11.3 Å². The molecule has 0 aliphatic carbocycles. The van der Waals surface area contributed by atoms with Crippen molar-refractivity contribution in [2.45, 2.75) is 0 Å². The average Bonchev–Trinajstić information content (AvgIpc) is 4.08. The molecule has 0 saturated carbocycles. The lowest BCUT2D eigenvalue weighted by molar-refractivity contribution is 1.07. The van der Waals surface area contributed by atoms with Crippen LogP contribution < -0.4 is 0 Å². The Bertz CT molecular complexity index is 4190. The predicted octanol–water partition coefficient (Wildman–Crippen LogP) is 16.8. The van der Waals surface area contributed by atoms with E-state index in [0.717, 1.165) is 55.8 Å². The normalized spacial score (nSPS) is 11.8. The first-order chi connectivity index (χ1) is 34.2. The Balaban J connectivity index is 1.08. The van der Waals surface area contributed by atoms with Crippen molar-refractivity contribution in [3.05, 3.63) is 237 Å². The van der Waals surface area contributed by atoms with Gasteiger partial charge in [0.2, 0.25) is 0 Å². The van der Waals surface area contributed by atoms with Crippen LogP contribution >= 0.6 is 11.3 Å². The van der Waals surface area contributed by atoms with Crippen molar-refractivity contribution in [3.8, 4) is 67.8 Å². The number of thiophene rings is 1. The van der Waals surface area contributed by atoms with Gasteiger partial charge in [0.15, 0.2) is 17.5 Å². The Labute approximate surface area is 401 Å². The highest BCUT2D eigenvalue weighted by molar-refractivity contribution is 7.25. The van der Waals surface area contributed by atoms with E-state index in [4.69, 9.17) is 15.0 Å². The molecule has 0 amide bonds. The van der Waals surface area contributed by atoms with Crippen molar-refractivity contribution in [1.29, 1.82) is 0 Å². The highest BCUT2D eigenvalue weighted by Gasteiger charge is 2.21. The maximum absolute atomic E-state index is 5.29. The number of benzene rings is 10. The van der Waals surface area contributed by atoms with Crippen molar-refractivity contribution in [1.82, 2.24) is 24.1 Å². The highest BCUT2D eigenvalue weighted by atomic mass is 32.1. The van der Waals surface area contributed by atoms with Crippen molar-refractivity contribution in [2.75, 3.05) is 0 Å². The van der Waals surface area contributed by atoms with Gasteiger partial charge in [-0.2, -0.15) is 0 Å². The first-order valence-corrected chi connectivity index (χ1v) is 24.1. The summed E-state index contributed by atoms with van der Waals surface area (Å²) in [6.45, 7) is 0. The minimum atomic E-state index is 0.601. The molecule has 4 aromatic heterocycles. The number of para-hydroxylation sites is 2. The SMILES string of the molecule is c1ccc(-c2ccc3c4ccc(-n5c6ccccc6c6ccccc65)cc4n(-c4cc(-c5ccc6sc7ccccc7c6c5)cc(-c5nc(-c6ccccc6)nc(-c6ccccc6)n5)c4)c3c2)cc1. The van der Waals surface area contributed by atoms with Crippen LogP contribution in [0.15, 0.2) is 237 Å². The van der Waals surface area contributed by atoms with E-state index in [1.165, 1.54) is 58.3 Å². The quantitative estimate of drug-likeness (QED) is 0.160. The Hall–Kier alpha value is -8.97. The summed E-state index contributed by atoms with van der Waals surface area (Å²) >= 11 is 1.84. The van der Waals surface area contributed by atoms with Crippen molar-refractivity contribution in [2.24, 2.45) is 0 Å². The molecule has 0 bridgehead atoms. The van der Waals surface area contributed by atoms with Gasteiger partial charge in [-0.1, -0.05) is 170 Å². The van der Waals surface area contributed by atoms with E-state index in [1.807, 2.05) is 47.7 Å². The van der Waals surface area contributed by atoms with Gasteiger partial charge in [-0.05, 0) is 89.0 Å². The molecule has 0 spiro atoms. The molecule has 0 aliphatic rings. The molecule has 0 fully saturated rings. The van der Waals surface area contributed by atoms with Crippen molar-refractivity contribution >= 4 is 75.1 Å². The van der Waals surface area contributed by atoms with E-state index in [9.17, 15) is 0 Å². The predicted molar refractivity (Wildman–Crippen MR) is 289 cm³/mol. The topological polar surface area (TPSA) is 48.5 Å². The summed E-state index contributed by atoms with van der Waals surface area (Å²) < 4.78 is 7.41. The van der Waals surface area contributed by atoms with Crippen LogP contribution in [0.5, 0.6) is 0 Å². The van der Waals surface area contributed by atoms with E-state index in [1.54, 1.807) is 0 Å². The number of hydrogen-bond acceptors (Lipinski definition) is 4. The smallest absolute Gasteiger partial charge is 0.164 e. The largest absolute Gasteiger partial charge is 0.309 e. The van der Waals surface area contributed by atoms with Gasteiger partial charge < -0.3 is 9.13 Å². The standard InChI is InChI=1S/C63H39N5S/c1-4-16-40(17-5-1)44-28-31-51-52-32-30-47(67-55-25-13-10-22-49(55)50-23-11-14-26-56(50)67)39-58(52)68(57(51)38-44)48-35-45(43-29-33-60-54(37-43)53-24-12-15-27-59(53)69-60)34-46(36-48)63-65-61(41-18-6-2-7-19-41)64-62(66-63)42-20-8-3-9-21-42/h1-39H. The minimum absolute atomic E-state index is 0.601. The molecule has 6 heteroatoms. The van der Waals surface area contributed by atoms with Gasteiger partial charge in [0, 0.05) is 69.8 Å². The van der Waals surface area contributed by atoms with Crippen LogP contribution in [-0.4, -0.2) is 24.1 Å². The number of rotatable bonds is 7. The average molecular weight is 898 g/mol. The number of hydrogen-bond donors (Lipinski definition) is 0. The third-order valence-corrected chi connectivity index (χ3v) is 14.7. The maximum Gasteiger partial charge on any atom is 0.164 e. The molecule has 0 radical (unpaired) electrons. The second-order valence-corrected chi connectivity index (χ2v) is 18.7. The summed E-state index contributed by atoms with van der Waals surface area (Å²) in [4.78, 5) is 15.7. The molecule has 0 atom stereocenters. The second kappa shape index (κ2) is 15.8. The number of fused-ring (bicyclic) bond motifs is 9. The molecule has 0 N–H and O–H groups in total. The third kappa shape index (κ3) is 6.56. The monoisotopic (exact) mass is 897 g/mol. The summed E-state index contributed by atoms with van der Waals surface area (Å²) in [6.07, 6.45) is 0. The molecule has 322 valence electrons. The van der Waals surface area contributed by atoms with E-state index in [0.29, 0.717) is 17.5 Å². The van der Waals surface area contributed by atoms with Crippen LogP contribution in [0.1, 0.15) is 0 Å². The first kappa shape index (κ1) is 39.2. The third-order valence-electron chi connectivity index (χ3n) is 13.5. The first-order valence-electron chi connectivity index (χ1n) is 23.3. The molecule has 0 aliphatic heterocycles. The summed E-state index contributed by atoms with van der Waals surface area (Å²) in [7, 11) is 0. The molecule has 0 unspecified atom stereocenters. The lowest BCUT2D eigenvalue weighted by Gasteiger charge is -2.15. The van der Waals surface area contributed by atoms with Crippen LogP contribution in [0.3, 0.4) is 0 Å². The van der Waals surface area contributed by atoms with Crippen LogP contribution in [0.25, 0.3) is 132 Å². The van der Waals surface area contributed by atoms with Gasteiger partial charge >= 0.3 is 0 Å². The van der Waals surface area contributed by atoms with Crippen LogP contribution in [0.4, 0.5) is 0 Å². The summed E-state index contributed by atoms with van der Waals surface area (Å²) in [5.74, 6) is 1.85. The molecule has 14 rings (SSSR count). The fraction of sp³-hybridized carbons (Fsp3) is 0. The fourth-order valence-electron chi connectivity index (χ4n) is 10.3. The molecule has 5 nitrogen and oxygen atoms in total. The zero-order valence-corrected chi connectivity index (χ0v) is 38.0. The molecule has 4 heterocycles. The highest BCUT2D eigenvalue weighted by Crippen LogP contribution is 2.42. The number of aromatic nitrogens is 5. The van der Waals surface area contributed by atoms with Crippen LogP contribution in [-0.2, 0) is 0 Å². The van der Waals surface area contributed by atoms with Gasteiger partial charge in [0.25, 0.3) is 0 Å². The summed E-state index contributed by atoms with van der Waals surface area (Å²) in [6, 6.07) is 84.9. The second-order valence-electron chi connectivity index (χ2n) is 17.6. The molecule has 14 aromatic rings. The lowest BCUT2D eigenvalue weighted by atomic mass is 9.99.